The minimum absolute atomic E-state index is 0.121. The van der Waals surface area contributed by atoms with Gasteiger partial charge in [-0.05, 0) is 26.1 Å². The number of carbonyl (C=O) groups is 1. The van der Waals surface area contributed by atoms with E-state index in [1.165, 1.54) is 5.56 Å². The van der Waals surface area contributed by atoms with Crippen molar-refractivity contribution in [2.75, 3.05) is 14.1 Å². The van der Waals surface area contributed by atoms with E-state index in [1.807, 2.05) is 67.5 Å². The van der Waals surface area contributed by atoms with Crippen LogP contribution in [0, 0.1) is 0 Å². The molecule has 1 atom stereocenters. The number of hydrogen-bond acceptors (Lipinski definition) is 2. The zero-order chi connectivity index (χ0) is 13.7. The maximum absolute atomic E-state index is 12.5. The molecule has 0 fully saturated rings. The van der Waals surface area contributed by atoms with Crippen LogP contribution in [0.4, 0.5) is 0 Å². The van der Waals surface area contributed by atoms with Crippen LogP contribution in [0.3, 0.4) is 0 Å². The van der Waals surface area contributed by atoms with Gasteiger partial charge in [-0.1, -0.05) is 60.7 Å². The topological polar surface area (TPSA) is 20.3 Å². The first kappa shape index (κ1) is 13.5. The fraction of sp³-hybridized carbons (Fsp3) is 0.235. The fourth-order valence-corrected chi connectivity index (χ4v) is 2.14. The predicted molar refractivity (Wildman–Crippen MR) is 78.4 cm³/mol. The summed E-state index contributed by atoms with van der Waals surface area (Å²) >= 11 is 0. The molecule has 2 aromatic carbocycles. The van der Waals surface area contributed by atoms with Gasteiger partial charge in [-0.25, -0.2) is 0 Å². The van der Waals surface area contributed by atoms with E-state index in [0.717, 1.165) is 12.0 Å². The second-order valence-electron chi connectivity index (χ2n) is 4.90. The number of nitrogens with zero attached hydrogens (tertiary/aromatic N) is 1. The Morgan fingerprint density at radius 1 is 0.947 bits per heavy atom. The van der Waals surface area contributed by atoms with Crippen LogP contribution in [0.15, 0.2) is 60.7 Å². The first-order valence-electron chi connectivity index (χ1n) is 6.48. The van der Waals surface area contributed by atoms with E-state index in [2.05, 4.69) is 12.1 Å². The number of ketones is 1. The van der Waals surface area contributed by atoms with Crippen molar-refractivity contribution in [1.82, 2.24) is 4.90 Å². The average molecular weight is 253 g/mol. The van der Waals surface area contributed by atoms with Crippen molar-refractivity contribution in [2.45, 2.75) is 12.5 Å². The van der Waals surface area contributed by atoms with E-state index in [9.17, 15) is 4.79 Å². The van der Waals surface area contributed by atoms with Gasteiger partial charge in [0.2, 0.25) is 0 Å². The molecular weight excluding hydrogens is 234 g/mol. The SMILES string of the molecule is CN(C)[C@@H](Cc1ccccc1)C(=O)c1ccccc1. The normalized spacial score (nSPS) is 12.4. The summed E-state index contributed by atoms with van der Waals surface area (Å²) in [4.78, 5) is 14.5. The molecule has 0 bridgehead atoms. The molecular formula is C17H19NO. The van der Waals surface area contributed by atoms with Crippen LogP contribution < -0.4 is 0 Å². The van der Waals surface area contributed by atoms with Crippen LogP contribution >= 0.6 is 0 Å². The van der Waals surface area contributed by atoms with E-state index >= 15 is 0 Å². The predicted octanol–water partition coefficient (Wildman–Crippen LogP) is 3.04. The molecule has 0 saturated heterocycles. The molecule has 0 N–H and O–H groups in total. The van der Waals surface area contributed by atoms with Crippen LogP contribution in [0.1, 0.15) is 15.9 Å². The van der Waals surface area contributed by atoms with Crippen LogP contribution in [0.5, 0.6) is 0 Å². The molecule has 0 unspecified atom stereocenters. The number of Topliss-reactive ketones (excluding diaryl/α,β-unsaturated/α-hetero) is 1. The summed E-state index contributed by atoms with van der Waals surface area (Å²) in [6, 6.07) is 19.5. The van der Waals surface area contributed by atoms with Gasteiger partial charge in [0.25, 0.3) is 0 Å². The monoisotopic (exact) mass is 253 g/mol. The third-order valence-electron chi connectivity index (χ3n) is 3.26. The zero-order valence-corrected chi connectivity index (χ0v) is 11.4. The Balaban J connectivity index is 2.19. The summed E-state index contributed by atoms with van der Waals surface area (Å²) in [6.45, 7) is 0. The van der Waals surface area contributed by atoms with Crippen LogP contribution in [-0.4, -0.2) is 30.8 Å². The lowest BCUT2D eigenvalue weighted by molar-refractivity contribution is 0.0875. The van der Waals surface area contributed by atoms with Gasteiger partial charge >= 0.3 is 0 Å². The summed E-state index contributed by atoms with van der Waals surface area (Å²) < 4.78 is 0. The van der Waals surface area contributed by atoms with E-state index in [0.29, 0.717) is 0 Å². The highest BCUT2D eigenvalue weighted by molar-refractivity contribution is 6.00. The van der Waals surface area contributed by atoms with Gasteiger partial charge in [0.05, 0.1) is 6.04 Å². The molecule has 0 aliphatic rings. The molecule has 0 aliphatic heterocycles. The van der Waals surface area contributed by atoms with Crippen molar-refractivity contribution >= 4 is 5.78 Å². The first-order valence-corrected chi connectivity index (χ1v) is 6.48. The maximum atomic E-state index is 12.5. The van der Waals surface area contributed by atoms with Gasteiger partial charge in [-0.2, -0.15) is 0 Å². The molecule has 0 amide bonds. The lowest BCUT2D eigenvalue weighted by Crippen LogP contribution is -2.37. The molecule has 2 nitrogen and oxygen atoms in total. The second kappa shape index (κ2) is 6.30. The summed E-state index contributed by atoms with van der Waals surface area (Å²) in [5.41, 5.74) is 1.96. The summed E-state index contributed by atoms with van der Waals surface area (Å²) in [5, 5.41) is 0. The molecule has 98 valence electrons. The van der Waals surface area contributed by atoms with Crippen LogP contribution in [0.25, 0.3) is 0 Å². The fourth-order valence-electron chi connectivity index (χ4n) is 2.14. The van der Waals surface area contributed by atoms with Crippen molar-refractivity contribution in [3.63, 3.8) is 0 Å². The van der Waals surface area contributed by atoms with Crippen LogP contribution in [0.2, 0.25) is 0 Å². The Bertz CT molecular complexity index is 519. The number of likely N-dealkylation sites (N-methyl/N-ethyl adjacent to an activating group) is 1. The molecule has 0 saturated carbocycles. The molecule has 0 radical (unpaired) electrons. The van der Waals surface area contributed by atoms with Gasteiger partial charge in [-0.15, -0.1) is 0 Å². The average Bonchev–Trinajstić information content (AvgIpc) is 2.46. The molecule has 0 aromatic heterocycles. The Morgan fingerprint density at radius 2 is 1.47 bits per heavy atom. The minimum atomic E-state index is -0.121. The minimum Gasteiger partial charge on any atom is -0.299 e. The number of benzene rings is 2. The van der Waals surface area contributed by atoms with Gasteiger partial charge < -0.3 is 0 Å². The van der Waals surface area contributed by atoms with E-state index in [4.69, 9.17) is 0 Å². The molecule has 0 heterocycles. The van der Waals surface area contributed by atoms with Crippen molar-refractivity contribution in [2.24, 2.45) is 0 Å². The largest absolute Gasteiger partial charge is 0.299 e. The number of carbonyl (C=O) groups excluding carboxylic acids is 1. The maximum Gasteiger partial charge on any atom is 0.180 e. The molecule has 0 aliphatic carbocycles. The summed E-state index contributed by atoms with van der Waals surface area (Å²) in [7, 11) is 3.91. The van der Waals surface area contributed by atoms with Gasteiger partial charge in [0.15, 0.2) is 5.78 Å². The third kappa shape index (κ3) is 3.52. The van der Waals surface area contributed by atoms with Gasteiger partial charge in [-0.3, -0.25) is 9.69 Å². The van der Waals surface area contributed by atoms with Crippen molar-refractivity contribution in [1.29, 1.82) is 0 Å². The Labute approximate surface area is 114 Å². The van der Waals surface area contributed by atoms with Gasteiger partial charge in [0.1, 0.15) is 0 Å². The Hall–Kier alpha value is -1.93. The number of rotatable bonds is 5. The first-order chi connectivity index (χ1) is 9.18. The lowest BCUT2D eigenvalue weighted by atomic mass is 9.97. The van der Waals surface area contributed by atoms with Crippen LogP contribution in [-0.2, 0) is 6.42 Å². The second-order valence-corrected chi connectivity index (χ2v) is 4.90. The van der Waals surface area contributed by atoms with Crippen molar-refractivity contribution in [3.8, 4) is 0 Å². The van der Waals surface area contributed by atoms with Crippen molar-refractivity contribution < 1.29 is 4.79 Å². The molecule has 19 heavy (non-hydrogen) atoms. The highest BCUT2D eigenvalue weighted by Crippen LogP contribution is 2.12. The Kier molecular flexibility index (Phi) is 4.48. The molecule has 2 heteroatoms. The quantitative estimate of drug-likeness (QED) is 0.763. The summed E-state index contributed by atoms with van der Waals surface area (Å²) in [6.07, 6.45) is 0.738. The molecule has 2 aromatic rings. The Morgan fingerprint density at radius 3 is 2.00 bits per heavy atom. The number of hydrogen-bond donors (Lipinski definition) is 0. The van der Waals surface area contributed by atoms with E-state index in [-0.39, 0.29) is 11.8 Å². The lowest BCUT2D eigenvalue weighted by Gasteiger charge is -2.23. The molecule has 2 rings (SSSR count). The highest BCUT2D eigenvalue weighted by atomic mass is 16.1. The molecule has 0 spiro atoms. The summed E-state index contributed by atoms with van der Waals surface area (Å²) in [5.74, 6) is 0.175. The smallest absolute Gasteiger partial charge is 0.180 e. The standard InChI is InChI=1S/C17H19NO/c1-18(2)16(13-14-9-5-3-6-10-14)17(19)15-11-7-4-8-12-15/h3-12,16H,13H2,1-2H3/t16-/m0/s1. The highest BCUT2D eigenvalue weighted by Gasteiger charge is 2.22. The van der Waals surface area contributed by atoms with Crippen molar-refractivity contribution in [3.05, 3.63) is 71.8 Å². The van der Waals surface area contributed by atoms with E-state index < -0.39 is 0 Å². The van der Waals surface area contributed by atoms with Gasteiger partial charge in [0, 0.05) is 5.56 Å². The third-order valence-corrected chi connectivity index (χ3v) is 3.26. The van der Waals surface area contributed by atoms with E-state index in [1.54, 1.807) is 0 Å². The zero-order valence-electron chi connectivity index (χ0n) is 11.4.